The first-order valence-electron chi connectivity index (χ1n) is 4.19. The molecular formula is C11H11BrO2. The van der Waals surface area contributed by atoms with Crippen LogP contribution in [0.3, 0.4) is 0 Å². The fourth-order valence-electron chi connectivity index (χ4n) is 1.15. The summed E-state index contributed by atoms with van der Waals surface area (Å²) in [5, 5.41) is 8.49. The molecule has 0 aromatic heterocycles. The smallest absolute Gasteiger partial charge is 0.328 e. The van der Waals surface area contributed by atoms with Crippen LogP contribution < -0.4 is 0 Å². The lowest BCUT2D eigenvalue weighted by molar-refractivity contribution is -0.131. The Morgan fingerprint density at radius 1 is 1.36 bits per heavy atom. The standard InChI is InChI=1S/C11H11BrO2/c1-7-8(2)10(12)5-3-9(7)4-6-11(13)14/h3-6H,1-2H3,(H,13,14)/b6-4+. The van der Waals surface area contributed by atoms with Gasteiger partial charge in [0.1, 0.15) is 0 Å². The van der Waals surface area contributed by atoms with Crippen molar-refractivity contribution >= 4 is 28.0 Å². The van der Waals surface area contributed by atoms with E-state index in [0.29, 0.717) is 0 Å². The third-order valence-electron chi connectivity index (χ3n) is 2.17. The molecule has 0 aliphatic rings. The van der Waals surface area contributed by atoms with Crippen molar-refractivity contribution in [2.24, 2.45) is 0 Å². The Bertz CT molecular complexity index is 395. The molecule has 0 radical (unpaired) electrons. The summed E-state index contributed by atoms with van der Waals surface area (Å²) in [6.07, 6.45) is 2.76. The molecule has 0 heterocycles. The highest BCUT2D eigenvalue weighted by atomic mass is 79.9. The number of carboxylic acid groups (broad SMARTS) is 1. The molecule has 14 heavy (non-hydrogen) atoms. The van der Waals surface area contributed by atoms with Crippen LogP contribution in [0, 0.1) is 13.8 Å². The van der Waals surface area contributed by atoms with Gasteiger partial charge in [0.15, 0.2) is 0 Å². The van der Waals surface area contributed by atoms with Gasteiger partial charge in [-0.2, -0.15) is 0 Å². The van der Waals surface area contributed by atoms with Crippen LogP contribution in [0.4, 0.5) is 0 Å². The van der Waals surface area contributed by atoms with Gasteiger partial charge in [0.2, 0.25) is 0 Å². The van der Waals surface area contributed by atoms with Crippen molar-refractivity contribution in [3.63, 3.8) is 0 Å². The quantitative estimate of drug-likeness (QED) is 0.824. The van der Waals surface area contributed by atoms with Gasteiger partial charge in [0, 0.05) is 10.5 Å². The highest BCUT2D eigenvalue weighted by Crippen LogP contribution is 2.23. The molecule has 3 heteroatoms. The summed E-state index contributed by atoms with van der Waals surface area (Å²) in [5.74, 6) is -0.926. The zero-order chi connectivity index (χ0) is 10.7. The number of halogens is 1. The van der Waals surface area contributed by atoms with Crippen LogP contribution in [0.2, 0.25) is 0 Å². The van der Waals surface area contributed by atoms with Gasteiger partial charge in [-0.15, -0.1) is 0 Å². The molecule has 2 nitrogen and oxygen atoms in total. The van der Waals surface area contributed by atoms with E-state index >= 15 is 0 Å². The van der Waals surface area contributed by atoms with Gasteiger partial charge < -0.3 is 5.11 Å². The summed E-state index contributed by atoms with van der Waals surface area (Å²) in [5.41, 5.74) is 3.17. The lowest BCUT2D eigenvalue weighted by Gasteiger charge is -2.06. The van der Waals surface area contributed by atoms with Crippen LogP contribution in [0.15, 0.2) is 22.7 Å². The van der Waals surface area contributed by atoms with E-state index in [-0.39, 0.29) is 0 Å². The minimum atomic E-state index is -0.926. The van der Waals surface area contributed by atoms with Crippen LogP contribution in [-0.4, -0.2) is 11.1 Å². The summed E-state index contributed by atoms with van der Waals surface area (Å²) in [4.78, 5) is 10.3. The van der Waals surface area contributed by atoms with Crippen LogP contribution >= 0.6 is 15.9 Å². The average Bonchev–Trinajstić information content (AvgIpc) is 2.13. The molecule has 74 valence electrons. The summed E-state index contributed by atoms with van der Waals surface area (Å²) in [7, 11) is 0. The van der Waals surface area contributed by atoms with Gasteiger partial charge in [0.25, 0.3) is 0 Å². The van der Waals surface area contributed by atoms with Gasteiger partial charge in [-0.05, 0) is 42.7 Å². The second-order valence-electron chi connectivity index (χ2n) is 3.06. The number of rotatable bonds is 2. The molecule has 0 atom stereocenters. The molecular weight excluding hydrogens is 244 g/mol. The van der Waals surface area contributed by atoms with E-state index in [0.717, 1.165) is 27.2 Å². The topological polar surface area (TPSA) is 37.3 Å². The van der Waals surface area contributed by atoms with Crippen LogP contribution in [0.25, 0.3) is 6.08 Å². The molecule has 1 aromatic carbocycles. The normalized spacial score (nSPS) is 10.8. The Morgan fingerprint density at radius 3 is 2.57 bits per heavy atom. The zero-order valence-electron chi connectivity index (χ0n) is 8.04. The molecule has 0 fully saturated rings. The predicted octanol–water partition coefficient (Wildman–Crippen LogP) is 3.16. The fraction of sp³-hybridized carbons (Fsp3) is 0.182. The van der Waals surface area contributed by atoms with Crippen molar-refractivity contribution in [3.8, 4) is 0 Å². The summed E-state index contributed by atoms with van der Waals surface area (Å²) in [6, 6.07) is 3.82. The Balaban J connectivity index is 3.12. The Labute approximate surface area is 91.4 Å². The van der Waals surface area contributed by atoms with Crippen LogP contribution in [-0.2, 0) is 4.79 Å². The molecule has 0 aliphatic heterocycles. The second kappa shape index (κ2) is 4.42. The van der Waals surface area contributed by atoms with E-state index in [1.165, 1.54) is 0 Å². The lowest BCUT2D eigenvalue weighted by Crippen LogP contribution is -1.90. The van der Waals surface area contributed by atoms with Crippen molar-refractivity contribution < 1.29 is 9.90 Å². The van der Waals surface area contributed by atoms with Crippen molar-refractivity contribution in [3.05, 3.63) is 39.4 Å². The maximum absolute atomic E-state index is 10.3. The van der Waals surface area contributed by atoms with Crippen LogP contribution in [0.1, 0.15) is 16.7 Å². The highest BCUT2D eigenvalue weighted by molar-refractivity contribution is 9.10. The minimum Gasteiger partial charge on any atom is -0.478 e. The first-order valence-corrected chi connectivity index (χ1v) is 4.98. The third-order valence-corrected chi connectivity index (χ3v) is 3.03. The van der Waals surface area contributed by atoms with E-state index < -0.39 is 5.97 Å². The lowest BCUT2D eigenvalue weighted by atomic mass is 10.0. The number of benzene rings is 1. The van der Waals surface area contributed by atoms with Crippen LogP contribution in [0.5, 0.6) is 0 Å². The summed E-state index contributed by atoms with van der Waals surface area (Å²) in [6.45, 7) is 3.97. The largest absolute Gasteiger partial charge is 0.478 e. The Morgan fingerprint density at radius 2 is 2.00 bits per heavy atom. The number of carbonyl (C=O) groups is 1. The first kappa shape index (κ1) is 11.0. The Hall–Kier alpha value is -1.09. The molecule has 0 spiro atoms. The molecule has 1 rings (SSSR count). The molecule has 1 N–H and O–H groups in total. The SMILES string of the molecule is Cc1c(Br)ccc(/C=C/C(=O)O)c1C. The monoisotopic (exact) mass is 254 g/mol. The van der Waals surface area contributed by atoms with E-state index in [9.17, 15) is 4.79 Å². The Kier molecular flexibility index (Phi) is 3.47. The van der Waals surface area contributed by atoms with Crippen molar-refractivity contribution in [1.82, 2.24) is 0 Å². The predicted molar refractivity (Wildman–Crippen MR) is 60.3 cm³/mol. The first-order chi connectivity index (χ1) is 6.52. The molecule has 0 bridgehead atoms. The summed E-state index contributed by atoms with van der Waals surface area (Å²) < 4.78 is 1.04. The maximum Gasteiger partial charge on any atom is 0.328 e. The molecule has 1 aromatic rings. The van der Waals surface area contributed by atoms with Crippen molar-refractivity contribution in [2.45, 2.75) is 13.8 Å². The van der Waals surface area contributed by atoms with E-state index in [2.05, 4.69) is 15.9 Å². The summed E-state index contributed by atoms with van der Waals surface area (Å²) >= 11 is 3.42. The van der Waals surface area contributed by atoms with Crippen molar-refractivity contribution in [2.75, 3.05) is 0 Å². The van der Waals surface area contributed by atoms with Gasteiger partial charge >= 0.3 is 5.97 Å². The number of aliphatic carboxylic acids is 1. The molecule has 0 amide bonds. The average molecular weight is 255 g/mol. The zero-order valence-corrected chi connectivity index (χ0v) is 9.63. The van der Waals surface area contributed by atoms with E-state index in [1.807, 2.05) is 26.0 Å². The molecule has 0 unspecified atom stereocenters. The molecule has 0 saturated carbocycles. The van der Waals surface area contributed by atoms with Gasteiger partial charge in [-0.1, -0.05) is 22.0 Å². The number of hydrogen-bond acceptors (Lipinski definition) is 1. The minimum absolute atomic E-state index is 0.926. The van der Waals surface area contributed by atoms with E-state index in [4.69, 9.17) is 5.11 Å². The van der Waals surface area contributed by atoms with Gasteiger partial charge in [0.05, 0.1) is 0 Å². The fourth-order valence-corrected chi connectivity index (χ4v) is 1.58. The second-order valence-corrected chi connectivity index (χ2v) is 3.91. The number of hydrogen-bond donors (Lipinski definition) is 1. The molecule has 0 aliphatic carbocycles. The highest BCUT2D eigenvalue weighted by Gasteiger charge is 2.01. The maximum atomic E-state index is 10.3. The molecule has 0 saturated heterocycles. The van der Waals surface area contributed by atoms with Gasteiger partial charge in [-0.25, -0.2) is 4.79 Å². The van der Waals surface area contributed by atoms with E-state index in [1.54, 1.807) is 6.08 Å². The number of carboxylic acids is 1. The van der Waals surface area contributed by atoms with Gasteiger partial charge in [-0.3, -0.25) is 0 Å². The third kappa shape index (κ3) is 2.45. The van der Waals surface area contributed by atoms with Crippen molar-refractivity contribution in [1.29, 1.82) is 0 Å².